The molecule has 4 nitrogen and oxygen atoms in total. The van der Waals surface area contributed by atoms with Crippen molar-refractivity contribution in [1.29, 1.82) is 0 Å². The first-order valence-corrected chi connectivity index (χ1v) is 6.62. The third kappa shape index (κ3) is 6.78. The van der Waals surface area contributed by atoms with E-state index < -0.39 is 11.6 Å². The Labute approximate surface area is 127 Å². The van der Waals surface area contributed by atoms with Crippen LogP contribution in [0, 0.1) is 6.92 Å². The number of benzene rings is 1. The molecule has 5 heteroatoms. The van der Waals surface area contributed by atoms with Crippen LogP contribution in [0.1, 0.15) is 32.8 Å². The molecule has 3 N–H and O–H groups in total. The van der Waals surface area contributed by atoms with Crippen molar-refractivity contribution in [3.63, 3.8) is 0 Å². The summed E-state index contributed by atoms with van der Waals surface area (Å²) in [5.41, 5.74) is 6.53. The van der Waals surface area contributed by atoms with E-state index in [2.05, 4.69) is 5.32 Å². The highest BCUT2D eigenvalue weighted by Gasteiger charge is 2.20. The van der Waals surface area contributed by atoms with Crippen LogP contribution in [0.5, 0.6) is 5.75 Å². The molecule has 0 saturated carbocycles. The Balaban J connectivity index is 0.00000361. The molecule has 0 aromatic heterocycles. The van der Waals surface area contributed by atoms with Gasteiger partial charge in [-0.15, -0.1) is 12.4 Å². The number of hydrogen-bond acceptors (Lipinski definition) is 3. The van der Waals surface area contributed by atoms with Gasteiger partial charge in [0, 0.05) is 12.1 Å². The van der Waals surface area contributed by atoms with Crippen molar-refractivity contribution < 1.29 is 9.53 Å². The van der Waals surface area contributed by atoms with Crippen molar-refractivity contribution in [3.05, 3.63) is 29.8 Å². The van der Waals surface area contributed by atoms with Crippen molar-refractivity contribution >= 4 is 18.3 Å². The van der Waals surface area contributed by atoms with E-state index in [1.54, 1.807) is 0 Å². The second-order valence-corrected chi connectivity index (χ2v) is 5.54. The predicted molar refractivity (Wildman–Crippen MR) is 84.4 cm³/mol. The Morgan fingerprint density at radius 3 is 2.60 bits per heavy atom. The van der Waals surface area contributed by atoms with E-state index in [9.17, 15) is 4.79 Å². The van der Waals surface area contributed by atoms with Gasteiger partial charge in [-0.05, 0) is 44.9 Å². The van der Waals surface area contributed by atoms with Gasteiger partial charge in [0.2, 0.25) is 0 Å². The van der Waals surface area contributed by atoms with Crippen LogP contribution in [0.2, 0.25) is 0 Å². The second kappa shape index (κ2) is 8.12. The number of nitrogens with two attached hydrogens (primary N) is 1. The fourth-order valence-corrected chi connectivity index (χ4v) is 1.60. The Kier molecular flexibility index (Phi) is 7.61. The highest BCUT2D eigenvalue weighted by molar-refractivity contribution is 5.85. The lowest BCUT2D eigenvalue weighted by Crippen LogP contribution is -2.48. The second-order valence-electron chi connectivity index (χ2n) is 5.54. The largest absolute Gasteiger partial charge is 0.481 e. The fourth-order valence-electron chi connectivity index (χ4n) is 1.60. The van der Waals surface area contributed by atoms with Gasteiger partial charge in [0.15, 0.2) is 6.10 Å². The molecule has 1 atom stereocenters. The van der Waals surface area contributed by atoms with Crippen molar-refractivity contribution in [2.75, 3.05) is 6.54 Å². The maximum Gasteiger partial charge on any atom is 0.261 e. The molecule has 1 amide bonds. The third-order valence-electron chi connectivity index (χ3n) is 2.65. The monoisotopic (exact) mass is 300 g/mol. The average molecular weight is 301 g/mol. The molecule has 0 aliphatic rings. The van der Waals surface area contributed by atoms with E-state index >= 15 is 0 Å². The first-order valence-electron chi connectivity index (χ1n) is 6.62. The lowest BCUT2D eigenvalue weighted by atomic mass is 10.1. The van der Waals surface area contributed by atoms with E-state index in [4.69, 9.17) is 10.5 Å². The lowest BCUT2D eigenvalue weighted by Gasteiger charge is -2.22. The number of halogens is 1. The predicted octanol–water partition coefficient (Wildman–Crippen LogP) is 2.43. The Morgan fingerprint density at radius 2 is 2.10 bits per heavy atom. The lowest BCUT2D eigenvalue weighted by molar-refractivity contribution is -0.128. The van der Waals surface area contributed by atoms with Crippen LogP contribution in [-0.4, -0.2) is 24.1 Å². The van der Waals surface area contributed by atoms with Crippen LogP contribution in [-0.2, 0) is 4.79 Å². The van der Waals surface area contributed by atoms with Gasteiger partial charge in [-0.2, -0.15) is 0 Å². The molecule has 1 rings (SSSR count). The van der Waals surface area contributed by atoms with E-state index in [0.29, 0.717) is 18.7 Å². The number of carbonyl (C=O) groups excluding carboxylic acids is 1. The molecule has 0 aliphatic heterocycles. The van der Waals surface area contributed by atoms with Gasteiger partial charge in [0.25, 0.3) is 5.91 Å². The standard InChI is InChI=1S/C15H24N2O2.ClH/c1-5-13(14(18)17-10-15(3,4)16)19-12-8-6-7-11(2)9-12;/h6-9,13H,5,10,16H2,1-4H3,(H,17,18);1H. The highest BCUT2D eigenvalue weighted by Crippen LogP contribution is 2.15. The minimum atomic E-state index is -0.482. The number of rotatable bonds is 6. The molecule has 20 heavy (non-hydrogen) atoms. The summed E-state index contributed by atoms with van der Waals surface area (Å²) in [6, 6.07) is 7.68. The van der Waals surface area contributed by atoms with E-state index in [1.165, 1.54) is 0 Å². The maximum atomic E-state index is 12.0. The molecule has 1 aromatic rings. The van der Waals surface area contributed by atoms with Gasteiger partial charge < -0.3 is 15.8 Å². The van der Waals surface area contributed by atoms with Gasteiger partial charge in [-0.3, -0.25) is 4.79 Å². The summed E-state index contributed by atoms with van der Waals surface area (Å²) < 4.78 is 5.72. The van der Waals surface area contributed by atoms with Crippen LogP contribution >= 0.6 is 12.4 Å². The molecule has 114 valence electrons. The first-order chi connectivity index (χ1) is 8.81. The van der Waals surface area contributed by atoms with Crippen LogP contribution in [0.4, 0.5) is 0 Å². The summed E-state index contributed by atoms with van der Waals surface area (Å²) in [4.78, 5) is 12.0. The Hall–Kier alpha value is -1.26. The normalized spacial score (nSPS) is 12.2. The van der Waals surface area contributed by atoms with Crippen LogP contribution in [0.3, 0.4) is 0 Å². The van der Waals surface area contributed by atoms with Crippen molar-refractivity contribution in [3.8, 4) is 5.75 Å². The van der Waals surface area contributed by atoms with E-state index in [0.717, 1.165) is 5.56 Å². The molecule has 0 fully saturated rings. The van der Waals surface area contributed by atoms with Gasteiger partial charge >= 0.3 is 0 Å². The maximum absolute atomic E-state index is 12.0. The first kappa shape index (κ1) is 18.7. The SMILES string of the molecule is CCC(Oc1cccc(C)c1)C(=O)NCC(C)(C)N.Cl. The highest BCUT2D eigenvalue weighted by atomic mass is 35.5. The fraction of sp³-hybridized carbons (Fsp3) is 0.533. The van der Waals surface area contributed by atoms with Crippen molar-refractivity contribution in [2.45, 2.75) is 45.8 Å². The van der Waals surface area contributed by atoms with Crippen LogP contribution in [0.15, 0.2) is 24.3 Å². The quantitative estimate of drug-likeness (QED) is 0.848. The van der Waals surface area contributed by atoms with Crippen LogP contribution in [0.25, 0.3) is 0 Å². The molecule has 0 heterocycles. The minimum absolute atomic E-state index is 0. The number of hydrogen-bond donors (Lipinski definition) is 2. The van der Waals surface area contributed by atoms with Gasteiger partial charge in [0.1, 0.15) is 5.75 Å². The molecular weight excluding hydrogens is 276 g/mol. The number of carbonyl (C=O) groups is 1. The number of aryl methyl sites for hydroxylation is 1. The summed E-state index contributed by atoms with van der Waals surface area (Å²) in [6.45, 7) is 8.09. The smallest absolute Gasteiger partial charge is 0.261 e. The van der Waals surface area contributed by atoms with Crippen LogP contribution < -0.4 is 15.8 Å². The summed E-state index contributed by atoms with van der Waals surface area (Å²) >= 11 is 0. The molecule has 1 unspecified atom stereocenters. The number of amides is 1. The van der Waals surface area contributed by atoms with E-state index in [-0.39, 0.29) is 18.3 Å². The van der Waals surface area contributed by atoms with Gasteiger partial charge in [-0.1, -0.05) is 19.1 Å². The molecule has 1 aromatic carbocycles. The van der Waals surface area contributed by atoms with E-state index in [1.807, 2.05) is 52.0 Å². The number of nitrogens with one attached hydrogen (secondary N) is 1. The Bertz CT molecular complexity index is 430. The zero-order valence-corrected chi connectivity index (χ0v) is 13.4. The zero-order chi connectivity index (χ0) is 14.5. The molecule has 0 radical (unpaired) electrons. The average Bonchev–Trinajstić information content (AvgIpc) is 2.32. The summed E-state index contributed by atoms with van der Waals surface area (Å²) in [5.74, 6) is 0.594. The minimum Gasteiger partial charge on any atom is -0.481 e. The zero-order valence-electron chi connectivity index (χ0n) is 12.6. The number of ether oxygens (including phenoxy) is 1. The van der Waals surface area contributed by atoms with Crippen molar-refractivity contribution in [2.24, 2.45) is 5.73 Å². The Morgan fingerprint density at radius 1 is 1.45 bits per heavy atom. The summed E-state index contributed by atoms with van der Waals surface area (Å²) in [7, 11) is 0. The summed E-state index contributed by atoms with van der Waals surface area (Å²) in [6.07, 6.45) is 0.134. The summed E-state index contributed by atoms with van der Waals surface area (Å²) in [5, 5.41) is 2.82. The van der Waals surface area contributed by atoms with Crippen molar-refractivity contribution in [1.82, 2.24) is 5.32 Å². The topological polar surface area (TPSA) is 64.3 Å². The third-order valence-corrected chi connectivity index (χ3v) is 2.65. The van der Waals surface area contributed by atoms with Gasteiger partial charge in [-0.25, -0.2) is 0 Å². The molecule has 0 spiro atoms. The molecular formula is C15H25ClN2O2. The molecule has 0 aliphatic carbocycles. The van der Waals surface area contributed by atoms with Gasteiger partial charge in [0.05, 0.1) is 0 Å². The molecule has 0 bridgehead atoms. The molecule has 0 saturated heterocycles.